The van der Waals surface area contributed by atoms with Crippen molar-refractivity contribution >= 4 is 16.9 Å². The smallest absolute Gasteiger partial charge is 0.311 e. The van der Waals surface area contributed by atoms with Crippen molar-refractivity contribution in [1.29, 1.82) is 0 Å². The molecular weight excluding hydrogens is 366 g/mol. The van der Waals surface area contributed by atoms with Gasteiger partial charge in [-0.15, -0.1) is 0 Å². The summed E-state index contributed by atoms with van der Waals surface area (Å²) in [5.41, 5.74) is 4.30. The zero-order valence-electron chi connectivity index (χ0n) is 17.9. The van der Waals surface area contributed by atoms with E-state index in [1.807, 2.05) is 42.5 Å². The Kier molecular flexibility index (Phi) is 4.48. The standard InChI is InChI=1S/C22H27N5O2/c1-7-14(3)26-15(4)16(5)27-18-19(23-21(26)27)24(6)22(29)25(20(18)28)12-17-10-8-9-13(2)11-17/h8-11,14H,7,12H2,1-6H3/t14-/m0/s1. The summed E-state index contributed by atoms with van der Waals surface area (Å²) in [6.45, 7) is 10.6. The van der Waals surface area contributed by atoms with Crippen LogP contribution in [0.3, 0.4) is 0 Å². The Labute approximate surface area is 168 Å². The normalized spacial score (nSPS) is 12.9. The third-order valence-corrected chi connectivity index (χ3v) is 6.02. The zero-order chi connectivity index (χ0) is 21.0. The highest BCUT2D eigenvalue weighted by Gasteiger charge is 2.24. The van der Waals surface area contributed by atoms with Gasteiger partial charge in [0, 0.05) is 24.5 Å². The van der Waals surface area contributed by atoms with Crippen LogP contribution in [-0.4, -0.2) is 23.1 Å². The van der Waals surface area contributed by atoms with Gasteiger partial charge in [-0.2, -0.15) is 4.98 Å². The molecule has 3 heterocycles. The molecule has 3 aromatic heterocycles. The van der Waals surface area contributed by atoms with Crippen LogP contribution in [0.2, 0.25) is 0 Å². The minimum absolute atomic E-state index is 0.237. The van der Waals surface area contributed by atoms with Crippen LogP contribution in [-0.2, 0) is 13.6 Å². The van der Waals surface area contributed by atoms with Gasteiger partial charge in [-0.1, -0.05) is 36.8 Å². The average Bonchev–Trinajstić information content (AvgIpc) is 3.19. The molecule has 0 fully saturated rings. The van der Waals surface area contributed by atoms with E-state index in [1.165, 1.54) is 9.13 Å². The van der Waals surface area contributed by atoms with Gasteiger partial charge >= 0.3 is 5.69 Å². The molecule has 0 bridgehead atoms. The Hall–Kier alpha value is -3.09. The third-order valence-electron chi connectivity index (χ3n) is 6.02. The highest BCUT2D eigenvalue weighted by atomic mass is 16.2. The van der Waals surface area contributed by atoms with Crippen LogP contribution >= 0.6 is 0 Å². The van der Waals surface area contributed by atoms with Crippen molar-refractivity contribution in [2.75, 3.05) is 0 Å². The maximum absolute atomic E-state index is 13.5. The second-order valence-electron chi connectivity index (χ2n) is 7.94. The molecule has 4 aromatic rings. The minimum atomic E-state index is -0.353. The lowest BCUT2D eigenvalue weighted by atomic mass is 10.1. The summed E-state index contributed by atoms with van der Waals surface area (Å²) in [6.07, 6.45) is 0.949. The largest absolute Gasteiger partial charge is 0.332 e. The lowest BCUT2D eigenvalue weighted by Crippen LogP contribution is -2.39. The van der Waals surface area contributed by atoms with E-state index in [0.717, 1.165) is 28.9 Å². The Morgan fingerprint density at radius 3 is 2.48 bits per heavy atom. The number of benzene rings is 1. The maximum atomic E-state index is 13.5. The predicted molar refractivity (Wildman–Crippen MR) is 115 cm³/mol. The first-order valence-electron chi connectivity index (χ1n) is 10.0. The monoisotopic (exact) mass is 393 g/mol. The number of hydrogen-bond acceptors (Lipinski definition) is 3. The molecule has 0 saturated heterocycles. The second-order valence-corrected chi connectivity index (χ2v) is 7.94. The van der Waals surface area contributed by atoms with E-state index < -0.39 is 0 Å². The molecule has 0 aliphatic carbocycles. The van der Waals surface area contributed by atoms with Crippen molar-refractivity contribution in [2.24, 2.45) is 7.05 Å². The first kappa shape index (κ1) is 19.2. The molecule has 1 atom stereocenters. The van der Waals surface area contributed by atoms with Crippen molar-refractivity contribution in [3.05, 3.63) is 67.6 Å². The van der Waals surface area contributed by atoms with Crippen LogP contribution < -0.4 is 11.2 Å². The number of fused-ring (bicyclic) bond motifs is 3. The Balaban J connectivity index is 2.07. The quantitative estimate of drug-likeness (QED) is 0.535. The Bertz CT molecular complexity index is 1370. The van der Waals surface area contributed by atoms with Gasteiger partial charge in [-0.05, 0) is 39.7 Å². The van der Waals surface area contributed by atoms with E-state index in [-0.39, 0.29) is 23.8 Å². The Morgan fingerprint density at radius 2 is 1.83 bits per heavy atom. The molecule has 0 unspecified atom stereocenters. The molecule has 0 spiro atoms. The van der Waals surface area contributed by atoms with E-state index in [0.29, 0.717) is 16.9 Å². The lowest BCUT2D eigenvalue weighted by molar-refractivity contribution is 0.532. The molecule has 0 amide bonds. The maximum Gasteiger partial charge on any atom is 0.332 e. The lowest BCUT2D eigenvalue weighted by Gasteiger charge is -2.13. The summed E-state index contributed by atoms with van der Waals surface area (Å²) in [7, 11) is 1.68. The molecule has 0 aliphatic rings. The van der Waals surface area contributed by atoms with Crippen molar-refractivity contribution in [2.45, 2.75) is 53.6 Å². The third kappa shape index (κ3) is 2.75. The summed E-state index contributed by atoms with van der Waals surface area (Å²) >= 11 is 0. The number of imidazole rings is 2. The van der Waals surface area contributed by atoms with Crippen LogP contribution in [0.1, 0.15) is 48.8 Å². The molecule has 29 heavy (non-hydrogen) atoms. The first-order chi connectivity index (χ1) is 13.8. The molecule has 0 aliphatic heterocycles. The van der Waals surface area contributed by atoms with Gasteiger partial charge in [-0.3, -0.25) is 18.3 Å². The van der Waals surface area contributed by atoms with Gasteiger partial charge in [0.1, 0.15) is 0 Å². The molecule has 0 radical (unpaired) electrons. The molecular formula is C22H27N5O2. The fourth-order valence-corrected chi connectivity index (χ4v) is 4.12. The van der Waals surface area contributed by atoms with Gasteiger partial charge in [0.25, 0.3) is 5.56 Å². The van der Waals surface area contributed by atoms with E-state index in [1.54, 1.807) is 7.05 Å². The number of aryl methyl sites for hydroxylation is 3. The Morgan fingerprint density at radius 1 is 1.10 bits per heavy atom. The predicted octanol–water partition coefficient (Wildman–Crippen LogP) is 3.09. The van der Waals surface area contributed by atoms with Crippen LogP contribution in [0.4, 0.5) is 0 Å². The van der Waals surface area contributed by atoms with Crippen molar-refractivity contribution in [3.8, 4) is 0 Å². The summed E-state index contributed by atoms with van der Waals surface area (Å²) < 4.78 is 6.85. The van der Waals surface area contributed by atoms with Gasteiger partial charge < -0.3 is 4.57 Å². The van der Waals surface area contributed by atoms with Crippen LogP contribution in [0.15, 0.2) is 33.9 Å². The van der Waals surface area contributed by atoms with Gasteiger partial charge in [-0.25, -0.2) is 4.79 Å². The molecule has 152 valence electrons. The summed E-state index contributed by atoms with van der Waals surface area (Å²) in [5, 5.41) is 0. The SMILES string of the molecule is CC[C@H](C)n1c(C)c(C)n2c3c(=O)n(Cc4cccc(C)c4)c(=O)n(C)c3nc12. The summed E-state index contributed by atoms with van der Waals surface area (Å²) in [4.78, 5) is 31.2. The fourth-order valence-electron chi connectivity index (χ4n) is 4.12. The number of aromatic nitrogens is 5. The second kappa shape index (κ2) is 6.76. The van der Waals surface area contributed by atoms with E-state index in [2.05, 4.69) is 25.3 Å². The number of hydrogen-bond donors (Lipinski definition) is 0. The van der Waals surface area contributed by atoms with Crippen molar-refractivity contribution in [3.63, 3.8) is 0 Å². The number of nitrogens with zero attached hydrogens (tertiary/aromatic N) is 5. The topological polar surface area (TPSA) is 66.2 Å². The van der Waals surface area contributed by atoms with Crippen molar-refractivity contribution < 1.29 is 0 Å². The van der Waals surface area contributed by atoms with E-state index in [4.69, 9.17) is 4.98 Å². The number of rotatable bonds is 4. The fraction of sp³-hybridized carbons (Fsp3) is 0.409. The van der Waals surface area contributed by atoms with Gasteiger partial charge in [0.05, 0.1) is 6.54 Å². The minimum Gasteiger partial charge on any atom is -0.311 e. The van der Waals surface area contributed by atoms with Crippen molar-refractivity contribution in [1.82, 2.24) is 23.1 Å². The van der Waals surface area contributed by atoms with Gasteiger partial charge in [0.15, 0.2) is 11.2 Å². The van der Waals surface area contributed by atoms with Crippen LogP contribution in [0.5, 0.6) is 0 Å². The molecule has 7 heteroatoms. The molecule has 7 nitrogen and oxygen atoms in total. The summed E-state index contributed by atoms with van der Waals surface area (Å²) in [6, 6.07) is 8.11. The van der Waals surface area contributed by atoms with Gasteiger partial charge in [0.2, 0.25) is 5.78 Å². The summed E-state index contributed by atoms with van der Waals surface area (Å²) in [5.74, 6) is 0.713. The molecule has 4 rings (SSSR count). The molecule has 0 saturated carbocycles. The average molecular weight is 393 g/mol. The zero-order valence-corrected chi connectivity index (χ0v) is 17.9. The van der Waals surface area contributed by atoms with Crippen LogP contribution in [0.25, 0.3) is 16.9 Å². The highest BCUT2D eigenvalue weighted by molar-refractivity contribution is 5.76. The molecule has 0 N–H and O–H groups in total. The van der Waals surface area contributed by atoms with E-state index >= 15 is 0 Å². The van der Waals surface area contributed by atoms with E-state index in [9.17, 15) is 9.59 Å². The van der Waals surface area contributed by atoms with Crippen LogP contribution in [0, 0.1) is 20.8 Å². The first-order valence-corrected chi connectivity index (χ1v) is 10.0. The molecule has 1 aromatic carbocycles. The highest BCUT2D eigenvalue weighted by Crippen LogP contribution is 2.25.